The second kappa shape index (κ2) is 5.15. The molecule has 0 aromatic heterocycles. The first-order chi connectivity index (χ1) is 7.49. The van der Waals surface area contributed by atoms with Crippen molar-refractivity contribution in [2.75, 3.05) is 5.32 Å². The van der Waals surface area contributed by atoms with Crippen LogP contribution in [0.5, 0.6) is 0 Å². The Bertz CT molecular complexity index is 352. The molecule has 0 heterocycles. The second-order valence-corrected chi connectivity index (χ2v) is 4.74. The normalized spacial score (nSPS) is 11.2. The van der Waals surface area contributed by atoms with Crippen LogP contribution in [0.25, 0.3) is 0 Å². The molecular weight excluding hydrogens is 198 g/mol. The van der Waals surface area contributed by atoms with E-state index in [1.807, 2.05) is 32.9 Å². The van der Waals surface area contributed by atoms with Gasteiger partial charge in [-0.05, 0) is 30.5 Å². The van der Waals surface area contributed by atoms with Gasteiger partial charge in [-0.2, -0.15) is 0 Å². The van der Waals surface area contributed by atoms with Crippen LogP contribution >= 0.6 is 0 Å². The Labute approximate surface area is 98.1 Å². The van der Waals surface area contributed by atoms with E-state index >= 15 is 0 Å². The van der Waals surface area contributed by atoms with E-state index in [9.17, 15) is 4.79 Å². The Balaban J connectivity index is 2.70. The molecule has 88 valence electrons. The Morgan fingerprint density at radius 2 is 1.75 bits per heavy atom. The molecule has 16 heavy (non-hydrogen) atoms. The molecule has 0 saturated carbocycles. The second-order valence-electron chi connectivity index (χ2n) is 4.74. The smallest absolute Gasteiger partial charge is 0.230 e. The first-order valence-corrected chi connectivity index (χ1v) is 5.90. The van der Waals surface area contributed by atoms with Crippen LogP contribution in [0.4, 0.5) is 5.69 Å². The summed E-state index contributed by atoms with van der Waals surface area (Å²) >= 11 is 0. The Hall–Kier alpha value is -1.31. The predicted molar refractivity (Wildman–Crippen MR) is 68.5 cm³/mol. The average molecular weight is 219 g/mol. The molecule has 0 aliphatic carbocycles. The number of amides is 1. The van der Waals surface area contributed by atoms with Gasteiger partial charge >= 0.3 is 0 Å². The van der Waals surface area contributed by atoms with Crippen LogP contribution < -0.4 is 5.32 Å². The Morgan fingerprint density at radius 3 is 2.19 bits per heavy atom. The fraction of sp³-hybridized carbons (Fsp3) is 0.500. The fourth-order valence-corrected chi connectivity index (χ4v) is 1.28. The largest absolute Gasteiger partial charge is 0.326 e. The topological polar surface area (TPSA) is 29.1 Å². The zero-order valence-electron chi connectivity index (χ0n) is 10.6. The highest BCUT2D eigenvalue weighted by atomic mass is 16.2. The maximum atomic E-state index is 11.9. The molecule has 0 spiro atoms. The summed E-state index contributed by atoms with van der Waals surface area (Å²) in [7, 11) is 0. The lowest BCUT2D eigenvalue weighted by Gasteiger charge is -2.21. The molecule has 2 heteroatoms. The number of carbonyl (C=O) groups is 1. The minimum absolute atomic E-state index is 0.0826. The summed E-state index contributed by atoms with van der Waals surface area (Å²) in [5.74, 6) is 0.0826. The minimum atomic E-state index is -0.302. The molecule has 1 N–H and O–H groups in total. The predicted octanol–water partition coefficient (Wildman–Crippen LogP) is 3.62. The summed E-state index contributed by atoms with van der Waals surface area (Å²) in [6, 6.07) is 8.02. The summed E-state index contributed by atoms with van der Waals surface area (Å²) in [6.07, 6.45) is 1.86. The number of benzene rings is 1. The van der Waals surface area contributed by atoms with Crippen LogP contribution in [-0.2, 0) is 11.2 Å². The lowest BCUT2D eigenvalue weighted by molar-refractivity contribution is -0.124. The molecule has 0 aliphatic heterocycles. The molecule has 0 radical (unpaired) electrons. The average Bonchev–Trinajstić information content (AvgIpc) is 2.30. The van der Waals surface area contributed by atoms with E-state index in [2.05, 4.69) is 24.4 Å². The van der Waals surface area contributed by atoms with Crippen LogP contribution in [0.15, 0.2) is 24.3 Å². The molecule has 0 aliphatic rings. The molecule has 1 aromatic carbocycles. The first-order valence-electron chi connectivity index (χ1n) is 5.90. The molecule has 0 atom stereocenters. The monoisotopic (exact) mass is 219 g/mol. The highest BCUT2D eigenvalue weighted by Crippen LogP contribution is 2.22. The van der Waals surface area contributed by atoms with Crippen LogP contribution in [-0.4, -0.2) is 5.91 Å². The van der Waals surface area contributed by atoms with Crippen LogP contribution in [0.3, 0.4) is 0 Å². The van der Waals surface area contributed by atoms with Gasteiger partial charge in [-0.3, -0.25) is 4.79 Å². The summed E-state index contributed by atoms with van der Waals surface area (Å²) in [6.45, 7) is 8.07. The third-order valence-corrected chi connectivity index (χ3v) is 3.12. The minimum Gasteiger partial charge on any atom is -0.326 e. The van der Waals surface area contributed by atoms with Gasteiger partial charge in [0.15, 0.2) is 0 Å². The van der Waals surface area contributed by atoms with Crippen molar-refractivity contribution in [3.63, 3.8) is 0 Å². The number of carbonyl (C=O) groups excluding carboxylic acids is 1. The van der Waals surface area contributed by atoms with Crippen molar-refractivity contribution < 1.29 is 4.79 Å². The van der Waals surface area contributed by atoms with Crippen LogP contribution in [0.2, 0.25) is 0 Å². The Morgan fingerprint density at radius 1 is 1.19 bits per heavy atom. The van der Waals surface area contributed by atoms with E-state index in [0.29, 0.717) is 0 Å². The van der Waals surface area contributed by atoms with E-state index in [1.165, 1.54) is 5.56 Å². The Kier molecular flexibility index (Phi) is 4.11. The van der Waals surface area contributed by atoms with Gasteiger partial charge in [0, 0.05) is 11.1 Å². The number of rotatable bonds is 4. The van der Waals surface area contributed by atoms with Gasteiger partial charge in [-0.15, -0.1) is 0 Å². The van der Waals surface area contributed by atoms with Crippen molar-refractivity contribution in [2.45, 2.75) is 40.5 Å². The highest BCUT2D eigenvalue weighted by molar-refractivity contribution is 5.94. The molecule has 0 saturated heterocycles. The first kappa shape index (κ1) is 12.8. The van der Waals surface area contributed by atoms with Gasteiger partial charge in [0.1, 0.15) is 0 Å². The fourth-order valence-electron chi connectivity index (χ4n) is 1.28. The standard InChI is InChI=1S/C14H21NO/c1-5-11-7-9-12(10-8-11)15-13(16)14(3,4)6-2/h7-10H,5-6H2,1-4H3,(H,15,16). The number of anilines is 1. The van der Waals surface area contributed by atoms with E-state index < -0.39 is 0 Å². The summed E-state index contributed by atoms with van der Waals surface area (Å²) in [4.78, 5) is 11.9. The van der Waals surface area contributed by atoms with E-state index in [-0.39, 0.29) is 11.3 Å². The van der Waals surface area contributed by atoms with Gasteiger partial charge in [0.2, 0.25) is 5.91 Å². The number of nitrogens with one attached hydrogen (secondary N) is 1. The third-order valence-electron chi connectivity index (χ3n) is 3.12. The summed E-state index contributed by atoms with van der Waals surface area (Å²) in [5.41, 5.74) is 1.86. The molecule has 2 nitrogen and oxygen atoms in total. The zero-order valence-corrected chi connectivity index (χ0v) is 10.6. The van der Waals surface area contributed by atoms with Gasteiger partial charge in [-0.25, -0.2) is 0 Å². The van der Waals surface area contributed by atoms with Crippen molar-refractivity contribution in [1.29, 1.82) is 0 Å². The lowest BCUT2D eigenvalue weighted by Crippen LogP contribution is -2.29. The number of hydrogen-bond donors (Lipinski definition) is 1. The summed E-state index contributed by atoms with van der Waals surface area (Å²) in [5, 5.41) is 2.95. The lowest BCUT2D eigenvalue weighted by atomic mass is 9.89. The molecule has 1 aromatic rings. The number of aryl methyl sites for hydroxylation is 1. The van der Waals surface area contributed by atoms with Gasteiger partial charge in [0.05, 0.1) is 0 Å². The van der Waals surface area contributed by atoms with Crippen molar-refractivity contribution >= 4 is 11.6 Å². The van der Waals surface area contributed by atoms with Crippen LogP contribution in [0, 0.1) is 5.41 Å². The highest BCUT2D eigenvalue weighted by Gasteiger charge is 2.24. The SMILES string of the molecule is CCc1ccc(NC(=O)C(C)(C)CC)cc1. The molecular formula is C14H21NO. The molecule has 0 bridgehead atoms. The van der Waals surface area contributed by atoms with E-state index in [1.54, 1.807) is 0 Å². The van der Waals surface area contributed by atoms with Crippen molar-refractivity contribution in [3.05, 3.63) is 29.8 Å². The van der Waals surface area contributed by atoms with Crippen molar-refractivity contribution in [1.82, 2.24) is 0 Å². The van der Waals surface area contributed by atoms with Crippen molar-refractivity contribution in [3.8, 4) is 0 Å². The molecule has 1 rings (SSSR count). The van der Waals surface area contributed by atoms with E-state index in [0.717, 1.165) is 18.5 Å². The van der Waals surface area contributed by atoms with Crippen LogP contribution in [0.1, 0.15) is 39.7 Å². The van der Waals surface area contributed by atoms with Gasteiger partial charge < -0.3 is 5.32 Å². The van der Waals surface area contributed by atoms with Gasteiger partial charge in [-0.1, -0.05) is 39.8 Å². The molecule has 0 unspecified atom stereocenters. The maximum absolute atomic E-state index is 11.9. The zero-order chi connectivity index (χ0) is 12.2. The molecule has 1 amide bonds. The van der Waals surface area contributed by atoms with E-state index in [4.69, 9.17) is 0 Å². The maximum Gasteiger partial charge on any atom is 0.230 e. The third kappa shape index (κ3) is 3.09. The number of hydrogen-bond acceptors (Lipinski definition) is 1. The van der Waals surface area contributed by atoms with Crippen molar-refractivity contribution in [2.24, 2.45) is 5.41 Å². The van der Waals surface area contributed by atoms with Gasteiger partial charge in [0.25, 0.3) is 0 Å². The summed E-state index contributed by atoms with van der Waals surface area (Å²) < 4.78 is 0. The molecule has 0 fully saturated rings. The quantitative estimate of drug-likeness (QED) is 0.823.